The molecule has 1 aliphatic rings. The van der Waals surface area contributed by atoms with Gasteiger partial charge in [-0.15, -0.1) is 11.8 Å². The average Bonchev–Trinajstić information content (AvgIpc) is 2.69. The SMILES string of the molecule is Cc1cc(C)c(SCC(=O)Nc2ccc(Cl)c(S(=O)(=O)N3CCOCC3)c2)c(C)c1. The minimum atomic E-state index is -3.76. The lowest BCUT2D eigenvalue weighted by molar-refractivity contribution is -0.113. The minimum absolute atomic E-state index is 0.0123. The van der Waals surface area contributed by atoms with Crippen molar-refractivity contribution in [2.24, 2.45) is 0 Å². The van der Waals surface area contributed by atoms with Crippen LogP contribution in [0.25, 0.3) is 0 Å². The zero-order chi connectivity index (χ0) is 21.9. The van der Waals surface area contributed by atoms with E-state index in [-0.39, 0.29) is 34.7 Å². The van der Waals surface area contributed by atoms with Crippen LogP contribution in [0.1, 0.15) is 16.7 Å². The van der Waals surface area contributed by atoms with E-state index in [0.29, 0.717) is 18.9 Å². The number of rotatable bonds is 6. The topological polar surface area (TPSA) is 75.7 Å². The lowest BCUT2D eigenvalue weighted by Gasteiger charge is -2.26. The standard InChI is InChI=1S/C21H25ClN2O4S2/c1-14-10-15(2)21(16(3)11-14)29-13-20(25)23-17-4-5-18(22)19(12-17)30(26,27)24-6-8-28-9-7-24/h4-5,10-12H,6-9,13H2,1-3H3,(H,23,25). The van der Waals surface area contributed by atoms with Gasteiger partial charge in [-0.1, -0.05) is 29.3 Å². The number of halogens is 1. The first-order valence-electron chi connectivity index (χ1n) is 9.56. The molecule has 9 heteroatoms. The number of morpholine rings is 1. The predicted octanol–water partition coefficient (Wildman–Crippen LogP) is 4.02. The first kappa shape index (κ1) is 23.1. The number of carbonyl (C=O) groups excluding carboxylic acids is 1. The fourth-order valence-electron chi connectivity index (χ4n) is 3.43. The Hall–Kier alpha value is -1.58. The van der Waals surface area contributed by atoms with Crippen LogP contribution in [0.3, 0.4) is 0 Å². The van der Waals surface area contributed by atoms with Crippen molar-refractivity contribution in [1.29, 1.82) is 0 Å². The Bertz CT molecular complexity index is 1030. The number of nitrogens with one attached hydrogen (secondary N) is 1. The molecule has 0 saturated carbocycles. The summed E-state index contributed by atoms with van der Waals surface area (Å²) < 4.78 is 32.4. The van der Waals surface area contributed by atoms with E-state index >= 15 is 0 Å². The normalized spacial score (nSPS) is 15.2. The van der Waals surface area contributed by atoms with E-state index in [1.165, 1.54) is 33.8 Å². The molecule has 0 bridgehead atoms. The van der Waals surface area contributed by atoms with E-state index in [2.05, 4.69) is 17.4 Å². The second kappa shape index (κ2) is 9.70. The minimum Gasteiger partial charge on any atom is -0.379 e. The van der Waals surface area contributed by atoms with Gasteiger partial charge in [-0.2, -0.15) is 4.31 Å². The molecule has 1 N–H and O–H groups in total. The quantitative estimate of drug-likeness (QED) is 0.648. The van der Waals surface area contributed by atoms with Crippen molar-refractivity contribution in [3.8, 4) is 0 Å². The molecule has 0 aromatic heterocycles. The summed E-state index contributed by atoms with van der Waals surface area (Å²) in [5.74, 6) is 0.00950. The molecule has 1 aliphatic heterocycles. The number of hydrogen-bond donors (Lipinski definition) is 1. The Balaban J connectivity index is 1.71. The maximum atomic E-state index is 12.9. The number of carbonyl (C=O) groups is 1. The molecule has 1 saturated heterocycles. The number of nitrogens with zero attached hydrogens (tertiary/aromatic N) is 1. The van der Waals surface area contributed by atoms with Crippen molar-refractivity contribution in [3.63, 3.8) is 0 Å². The molecule has 0 aliphatic carbocycles. The molecule has 162 valence electrons. The number of thioether (sulfide) groups is 1. The molecular weight excluding hydrogens is 444 g/mol. The molecule has 1 fully saturated rings. The second-order valence-corrected chi connectivity index (χ2v) is 10.5. The molecule has 1 heterocycles. The van der Waals surface area contributed by atoms with Crippen LogP contribution in [-0.2, 0) is 19.6 Å². The van der Waals surface area contributed by atoms with Crippen molar-refractivity contribution in [1.82, 2.24) is 4.31 Å². The number of aryl methyl sites for hydroxylation is 3. The Morgan fingerprint density at radius 2 is 1.77 bits per heavy atom. The zero-order valence-corrected chi connectivity index (χ0v) is 19.6. The van der Waals surface area contributed by atoms with Crippen LogP contribution >= 0.6 is 23.4 Å². The molecule has 0 radical (unpaired) electrons. The number of ether oxygens (including phenoxy) is 1. The third-order valence-electron chi connectivity index (χ3n) is 4.76. The second-order valence-electron chi connectivity index (χ2n) is 7.23. The number of benzene rings is 2. The van der Waals surface area contributed by atoms with Crippen LogP contribution in [0.4, 0.5) is 5.69 Å². The van der Waals surface area contributed by atoms with Gasteiger partial charge in [0.05, 0.1) is 24.0 Å². The highest BCUT2D eigenvalue weighted by Crippen LogP contribution is 2.30. The number of anilines is 1. The van der Waals surface area contributed by atoms with Crippen molar-refractivity contribution < 1.29 is 17.9 Å². The molecule has 2 aromatic rings. The van der Waals surface area contributed by atoms with E-state index in [1.807, 2.05) is 20.8 Å². The highest BCUT2D eigenvalue weighted by atomic mass is 35.5. The molecule has 2 aromatic carbocycles. The first-order valence-corrected chi connectivity index (χ1v) is 12.4. The number of sulfonamides is 1. The smallest absolute Gasteiger partial charge is 0.244 e. The van der Waals surface area contributed by atoms with Gasteiger partial charge in [0.1, 0.15) is 4.90 Å². The number of amides is 1. The van der Waals surface area contributed by atoms with Crippen molar-refractivity contribution >= 4 is 45.0 Å². The molecule has 0 spiro atoms. The van der Waals surface area contributed by atoms with Gasteiger partial charge in [0.25, 0.3) is 0 Å². The van der Waals surface area contributed by atoms with Gasteiger partial charge in [-0.25, -0.2) is 8.42 Å². The summed E-state index contributed by atoms with van der Waals surface area (Å²) in [7, 11) is -3.76. The third kappa shape index (κ3) is 5.36. The molecule has 3 rings (SSSR count). The maximum Gasteiger partial charge on any atom is 0.244 e. The summed E-state index contributed by atoms with van der Waals surface area (Å²) in [4.78, 5) is 13.6. The van der Waals surface area contributed by atoms with Crippen LogP contribution in [-0.4, -0.2) is 50.7 Å². The molecule has 0 unspecified atom stereocenters. The Morgan fingerprint density at radius 3 is 2.40 bits per heavy atom. The van der Waals surface area contributed by atoms with E-state index in [4.69, 9.17) is 16.3 Å². The van der Waals surface area contributed by atoms with E-state index in [9.17, 15) is 13.2 Å². The monoisotopic (exact) mass is 468 g/mol. The lowest BCUT2D eigenvalue weighted by atomic mass is 10.1. The fourth-order valence-corrected chi connectivity index (χ4v) is 6.26. The molecular formula is C21H25ClN2O4S2. The first-order chi connectivity index (χ1) is 14.2. The van der Waals surface area contributed by atoms with Crippen LogP contribution in [0.2, 0.25) is 5.02 Å². The third-order valence-corrected chi connectivity index (χ3v) is 8.47. The van der Waals surface area contributed by atoms with E-state index in [1.54, 1.807) is 6.07 Å². The lowest BCUT2D eigenvalue weighted by Crippen LogP contribution is -2.40. The molecule has 6 nitrogen and oxygen atoms in total. The van der Waals surface area contributed by atoms with Crippen LogP contribution in [0.5, 0.6) is 0 Å². The van der Waals surface area contributed by atoms with Gasteiger partial charge in [0.15, 0.2) is 0 Å². The van der Waals surface area contributed by atoms with E-state index in [0.717, 1.165) is 16.0 Å². The van der Waals surface area contributed by atoms with Crippen molar-refractivity contribution in [3.05, 3.63) is 52.0 Å². The van der Waals surface area contributed by atoms with Crippen LogP contribution < -0.4 is 5.32 Å². The Labute approximate surface area is 187 Å². The average molecular weight is 469 g/mol. The number of hydrogen-bond acceptors (Lipinski definition) is 5. The molecule has 0 atom stereocenters. The maximum absolute atomic E-state index is 12.9. The summed E-state index contributed by atoms with van der Waals surface area (Å²) in [6.07, 6.45) is 0. The van der Waals surface area contributed by atoms with Gasteiger partial charge >= 0.3 is 0 Å². The summed E-state index contributed by atoms with van der Waals surface area (Å²) in [6.45, 7) is 7.36. The Morgan fingerprint density at radius 1 is 1.13 bits per heavy atom. The zero-order valence-electron chi connectivity index (χ0n) is 17.2. The molecule has 30 heavy (non-hydrogen) atoms. The highest BCUT2D eigenvalue weighted by molar-refractivity contribution is 8.00. The fraction of sp³-hybridized carbons (Fsp3) is 0.381. The van der Waals surface area contributed by atoms with E-state index < -0.39 is 10.0 Å². The van der Waals surface area contributed by atoms with Gasteiger partial charge in [-0.05, 0) is 50.1 Å². The molecule has 1 amide bonds. The van der Waals surface area contributed by atoms with Gasteiger partial charge < -0.3 is 10.1 Å². The Kier molecular flexibility index (Phi) is 7.47. The van der Waals surface area contributed by atoms with Crippen molar-refractivity contribution in [2.45, 2.75) is 30.6 Å². The summed E-state index contributed by atoms with van der Waals surface area (Å²) in [5, 5.41) is 2.90. The van der Waals surface area contributed by atoms with Crippen LogP contribution in [0.15, 0.2) is 40.1 Å². The summed E-state index contributed by atoms with van der Waals surface area (Å²) in [5.41, 5.74) is 3.86. The van der Waals surface area contributed by atoms with Gasteiger partial charge in [0.2, 0.25) is 15.9 Å². The summed E-state index contributed by atoms with van der Waals surface area (Å²) in [6, 6.07) is 8.69. The van der Waals surface area contributed by atoms with Gasteiger partial charge in [0, 0.05) is 23.7 Å². The summed E-state index contributed by atoms with van der Waals surface area (Å²) >= 11 is 7.64. The van der Waals surface area contributed by atoms with Crippen LogP contribution in [0, 0.1) is 20.8 Å². The highest BCUT2D eigenvalue weighted by Gasteiger charge is 2.28. The predicted molar refractivity (Wildman–Crippen MR) is 121 cm³/mol. The van der Waals surface area contributed by atoms with Crippen molar-refractivity contribution in [2.75, 3.05) is 37.4 Å². The van der Waals surface area contributed by atoms with Gasteiger partial charge in [-0.3, -0.25) is 4.79 Å². The largest absolute Gasteiger partial charge is 0.379 e.